The number of pyridine rings is 1. The number of amides is 1. The Bertz CT molecular complexity index is 1350. The number of halogens is 1. The monoisotopic (exact) mass is 487 g/mol. The lowest BCUT2D eigenvalue weighted by Crippen LogP contribution is -2.52. The van der Waals surface area contributed by atoms with Crippen molar-refractivity contribution in [2.75, 3.05) is 49.1 Å². The van der Waals surface area contributed by atoms with E-state index in [2.05, 4.69) is 29.9 Å². The molecule has 3 aromatic heterocycles. The molecule has 2 fully saturated rings. The average molecular weight is 488 g/mol. The summed E-state index contributed by atoms with van der Waals surface area (Å²) in [5, 5.41) is 4.88. The van der Waals surface area contributed by atoms with Crippen LogP contribution >= 0.6 is 0 Å². The van der Waals surface area contributed by atoms with Gasteiger partial charge in [0.2, 0.25) is 5.91 Å². The van der Waals surface area contributed by atoms with Crippen LogP contribution in [0.15, 0.2) is 59.5 Å². The SMILES string of the molecule is O=C([C@H]1CCCN(c2ncnc3onc(-c4ccc(F)cc4)c23)C1)N1CCN(c2ccccn2)CC1. The van der Waals surface area contributed by atoms with E-state index in [0.717, 1.165) is 43.9 Å². The molecular weight excluding hydrogens is 461 g/mol. The van der Waals surface area contributed by atoms with Gasteiger partial charge in [0.25, 0.3) is 5.71 Å². The molecule has 36 heavy (non-hydrogen) atoms. The van der Waals surface area contributed by atoms with Gasteiger partial charge in [0.1, 0.15) is 34.9 Å². The highest BCUT2D eigenvalue weighted by Crippen LogP contribution is 2.35. The van der Waals surface area contributed by atoms with Crippen LogP contribution in [0.2, 0.25) is 0 Å². The summed E-state index contributed by atoms with van der Waals surface area (Å²) in [6.45, 7) is 4.26. The fourth-order valence-electron chi connectivity index (χ4n) is 5.14. The molecule has 10 heteroatoms. The molecule has 0 aliphatic carbocycles. The number of fused-ring (bicyclic) bond motifs is 1. The number of benzene rings is 1. The second kappa shape index (κ2) is 9.52. The minimum Gasteiger partial charge on any atom is -0.355 e. The van der Waals surface area contributed by atoms with Crippen molar-refractivity contribution in [2.45, 2.75) is 12.8 Å². The minimum atomic E-state index is -0.318. The lowest BCUT2D eigenvalue weighted by Gasteiger charge is -2.39. The standard InChI is InChI=1S/C26H26FN7O2/c27-20-8-6-18(7-9-20)23-22-24(29-17-30-25(22)36-31-23)34-11-3-4-19(16-34)26(35)33-14-12-32(13-15-33)21-5-1-2-10-28-21/h1-2,5-10,17,19H,3-4,11-16H2/t19-/m0/s1. The molecule has 6 rings (SSSR count). The molecule has 2 saturated heterocycles. The largest absolute Gasteiger partial charge is 0.355 e. The quantitative estimate of drug-likeness (QED) is 0.433. The fraction of sp³-hybridized carbons (Fsp3) is 0.346. The van der Waals surface area contributed by atoms with Gasteiger partial charge < -0.3 is 19.2 Å². The van der Waals surface area contributed by atoms with Crippen LogP contribution in [0, 0.1) is 11.7 Å². The molecule has 1 aromatic carbocycles. The normalized spacial score (nSPS) is 18.6. The van der Waals surface area contributed by atoms with Gasteiger partial charge in [0.05, 0.1) is 5.92 Å². The Morgan fingerprint density at radius 2 is 1.78 bits per heavy atom. The van der Waals surface area contributed by atoms with Gasteiger partial charge in [-0.2, -0.15) is 4.98 Å². The summed E-state index contributed by atoms with van der Waals surface area (Å²) in [6.07, 6.45) is 4.98. The number of aromatic nitrogens is 4. The van der Waals surface area contributed by atoms with Gasteiger partial charge in [-0.05, 0) is 49.2 Å². The Balaban J connectivity index is 1.19. The smallest absolute Gasteiger partial charge is 0.263 e. The van der Waals surface area contributed by atoms with Crippen LogP contribution in [0.1, 0.15) is 12.8 Å². The van der Waals surface area contributed by atoms with Crippen LogP contribution in [0.5, 0.6) is 0 Å². The molecule has 0 spiro atoms. The number of rotatable bonds is 4. The molecule has 1 atom stereocenters. The molecule has 0 saturated carbocycles. The number of hydrogen-bond acceptors (Lipinski definition) is 8. The summed E-state index contributed by atoms with van der Waals surface area (Å²) in [6, 6.07) is 12.0. The Morgan fingerprint density at radius 1 is 0.944 bits per heavy atom. The summed E-state index contributed by atoms with van der Waals surface area (Å²) >= 11 is 0. The van der Waals surface area contributed by atoms with E-state index in [1.807, 2.05) is 23.1 Å². The van der Waals surface area contributed by atoms with Gasteiger partial charge in [-0.3, -0.25) is 4.79 Å². The molecule has 184 valence electrons. The third kappa shape index (κ3) is 4.23. The molecule has 0 N–H and O–H groups in total. The zero-order chi connectivity index (χ0) is 24.5. The van der Waals surface area contributed by atoms with E-state index >= 15 is 0 Å². The Hall–Kier alpha value is -4.08. The van der Waals surface area contributed by atoms with Crippen molar-refractivity contribution in [1.82, 2.24) is 25.0 Å². The van der Waals surface area contributed by atoms with E-state index in [9.17, 15) is 9.18 Å². The molecule has 9 nitrogen and oxygen atoms in total. The minimum absolute atomic E-state index is 0.112. The van der Waals surface area contributed by atoms with E-state index in [-0.39, 0.29) is 17.6 Å². The van der Waals surface area contributed by atoms with Gasteiger partial charge in [-0.25, -0.2) is 14.4 Å². The summed E-state index contributed by atoms with van der Waals surface area (Å²) in [4.78, 5) is 33.0. The molecule has 0 unspecified atom stereocenters. The Labute approximate surface area is 207 Å². The summed E-state index contributed by atoms with van der Waals surface area (Å²) in [5.74, 6) is 1.40. The highest BCUT2D eigenvalue weighted by atomic mass is 19.1. The number of nitrogens with zero attached hydrogens (tertiary/aromatic N) is 7. The molecule has 2 aliphatic heterocycles. The van der Waals surface area contributed by atoms with Gasteiger partial charge >= 0.3 is 0 Å². The van der Waals surface area contributed by atoms with Gasteiger partial charge in [0, 0.05) is 51.0 Å². The van der Waals surface area contributed by atoms with E-state index in [1.165, 1.54) is 18.5 Å². The lowest BCUT2D eigenvalue weighted by molar-refractivity contribution is -0.136. The molecule has 5 heterocycles. The molecule has 0 radical (unpaired) electrons. The van der Waals surface area contributed by atoms with Crippen LogP contribution in [-0.2, 0) is 4.79 Å². The van der Waals surface area contributed by atoms with Gasteiger partial charge in [0.15, 0.2) is 0 Å². The van der Waals surface area contributed by atoms with Crippen molar-refractivity contribution in [3.8, 4) is 11.3 Å². The van der Waals surface area contributed by atoms with E-state index in [4.69, 9.17) is 4.52 Å². The first-order valence-corrected chi connectivity index (χ1v) is 12.2. The molecular formula is C26H26FN7O2. The van der Waals surface area contributed by atoms with Crippen molar-refractivity contribution < 1.29 is 13.7 Å². The van der Waals surface area contributed by atoms with Crippen LogP contribution in [0.4, 0.5) is 16.0 Å². The number of anilines is 2. The maximum absolute atomic E-state index is 13.5. The number of piperazine rings is 1. The highest BCUT2D eigenvalue weighted by Gasteiger charge is 2.33. The highest BCUT2D eigenvalue weighted by molar-refractivity contribution is 5.98. The van der Waals surface area contributed by atoms with Crippen LogP contribution in [0.3, 0.4) is 0 Å². The maximum atomic E-state index is 13.5. The Morgan fingerprint density at radius 3 is 2.56 bits per heavy atom. The topological polar surface area (TPSA) is 91.5 Å². The first kappa shape index (κ1) is 22.4. The predicted octanol–water partition coefficient (Wildman–Crippen LogP) is 3.38. The maximum Gasteiger partial charge on any atom is 0.263 e. The van der Waals surface area contributed by atoms with E-state index in [1.54, 1.807) is 18.3 Å². The number of carbonyl (C=O) groups is 1. The lowest BCUT2D eigenvalue weighted by atomic mass is 9.95. The zero-order valence-electron chi connectivity index (χ0n) is 19.8. The van der Waals surface area contributed by atoms with E-state index in [0.29, 0.717) is 42.2 Å². The third-order valence-corrected chi connectivity index (χ3v) is 7.01. The fourth-order valence-corrected chi connectivity index (χ4v) is 5.14. The first-order valence-electron chi connectivity index (χ1n) is 12.2. The first-order chi connectivity index (χ1) is 17.7. The summed E-state index contributed by atoms with van der Waals surface area (Å²) < 4.78 is 18.9. The number of piperidine rings is 1. The summed E-state index contributed by atoms with van der Waals surface area (Å²) in [7, 11) is 0. The third-order valence-electron chi connectivity index (χ3n) is 7.01. The van der Waals surface area contributed by atoms with E-state index < -0.39 is 0 Å². The van der Waals surface area contributed by atoms with Gasteiger partial charge in [-0.15, -0.1) is 0 Å². The van der Waals surface area contributed by atoms with Crippen LogP contribution in [0.25, 0.3) is 22.4 Å². The van der Waals surface area contributed by atoms with Crippen molar-refractivity contribution in [1.29, 1.82) is 0 Å². The molecule has 4 aromatic rings. The second-order valence-corrected chi connectivity index (χ2v) is 9.20. The van der Waals surface area contributed by atoms with Crippen molar-refractivity contribution in [2.24, 2.45) is 5.92 Å². The molecule has 1 amide bonds. The number of carbonyl (C=O) groups excluding carboxylic acids is 1. The Kier molecular flexibility index (Phi) is 5.92. The second-order valence-electron chi connectivity index (χ2n) is 9.20. The van der Waals surface area contributed by atoms with Crippen molar-refractivity contribution in [3.05, 3.63) is 60.8 Å². The van der Waals surface area contributed by atoms with Crippen molar-refractivity contribution >= 4 is 28.6 Å². The zero-order valence-corrected chi connectivity index (χ0v) is 19.8. The average Bonchev–Trinajstić information content (AvgIpc) is 3.38. The van der Waals surface area contributed by atoms with Crippen LogP contribution < -0.4 is 9.80 Å². The van der Waals surface area contributed by atoms with Gasteiger partial charge in [-0.1, -0.05) is 11.2 Å². The molecule has 2 aliphatic rings. The summed E-state index contributed by atoms with van der Waals surface area (Å²) in [5.41, 5.74) is 1.67. The predicted molar refractivity (Wildman–Crippen MR) is 133 cm³/mol. The molecule has 0 bridgehead atoms. The number of hydrogen-bond donors (Lipinski definition) is 0. The van der Waals surface area contributed by atoms with Crippen molar-refractivity contribution in [3.63, 3.8) is 0 Å². The van der Waals surface area contributed by atoms with Crippen LogP contribution in [-0.4, -0.2) is 70.2 Å².